The normalized spacial score (nSPS) is 13.0. The Kier molecular flexibility index (Phi) is 3.22. The molecule has 13 heavy (non-hydrogen) atoms. The molecule has 0 amide bonds. The Bertz CT molecular complexity index is 313. The van der Waals surface area contributed by atoms with Gasteiger partial charge in [0.05, 0.1) is 11.1 Å². The molecule has 4 heteroatoms. The van der Waals surface area contributed by atoms with Crippen LogP contribution in [-0.2, 0) is 6.42 Å². The molecular weight excluding hydrogens is 198 g/mol. The van der Waals surface area contributed by atoms with E-state index in [2.05, 4.69) is 0 Å². The second-order valence-electron chi connectivity index (χ2n) is 2.87. The van der Waals surface area contributed by atoms with Crippen molar-refractivity contribution in [3.05, 3.63) is 34.4 Å². The van der Waals surface area contributed by atoms with Crippen LogP contribution in [0.2, 0.25) is 5.02 Å². The lowest BCUT2D eigenvalue weighted by atomic mass is 10.1. The molecule has 1 aromatic carbocycles. The van der Waals surface area contributed by atoms with Crippen LogP contribution in [0.3, 0.4) is 0 Å². The van der Waals surface area contributed by atoms with Gasteiger partial charge in [-0.15, -0.1) is 0 Å². The molecule has 0 aliphatic heterocycles. The first-order valence-corrected chi connectivity index (χ1v) is 4.20. The van der Waals surface area contributed by atoms with Gasteiger partial charge in [0, 0.05) is 12.0 Å². The van der Waals surface area contributed by atoms with Crippen molar-refractivity contribution in [2.24, 2.45) is 0 Å². The average molecular weight is 207 g/mol. The Labute approximate surface area is 80.0 Å². The molecule has 0 spiro atoms. The number of hydrogen-bond donors (Lipinski definition) is 1. The zero-order chi connectivity index (χ0) is 10.0. The zero-order valence-corrected chi connectivity index (χ0v) is 7.78. The average Bonchev–Trinajstić information content (AvgIpc) is 2.05. The number of aliphatic hydroxyl groups excluding tert-OH is 1. The van der Waals surface area contributed by atoms with E-state index < -0.39 is 17.7 Å². The van der Waals surface area contributed by atoms with E-state index in [0.29, 0.717) is 0 Å². The minimum atomic E-state index is -0.789. The molecule has 72 valence electrons. The third-order valence-corrected chi connectivity index (χ3v) is 1.93. The molecule has 0 heterocycles. The second-order valence-corrected chi connectivity index (χ2v) is 3.28. The monoisotopic (exact) mass is 206 g/mol. The molecule has 0 saturated carbocycles. The standard InChI is InChI=1S/C9H9ClF2O/c1-5(13)4-6-8(11)3-2-7(10)9(6)12/h2-3,5,13H,4H2,1H3. The molecule has 0 saturated heterocycles. The third-order valence-electron chi connectivity index (χ3n) is 1.64. The van der Waals surface area contributed by atoms with Crippen molar-refractivity contribution in [3.63, 3.8) is 0 Å². The van der Waals surface area contributed by atoms with Gasteiger partial charge in [-0.2, -0.15) is 0 Å². The molecule has 1 nitrogen and oxygen atoms in total. The first-order valence-electron chi connectivity index (χ1n) is 3.82. The van der Waals surface area contributed by atoms with Gasteiger partial charge in [0.1, 0.15) is 11.6 Å². The molecule has 1 unspecified atom stereocenters. The Morgan fingerprint density at radius 1 is 1.46 bits per heavy atom. The quantitative estimate of drug-likeness (QED) is 0.738. The molecule has 0 radical (unpaired) electrons. The second kappa shape index (κ2) is 4.03. The van der Waals surface area contributed by atoms with Crippen LogP contribution in [0.15, 0.2) is 12.1 Å². The predicted octanol–water partition coefficient (Wildman–Crippen LogP) is 2.54. The van der Waals surface area contributed by atoms with Gasteiger partial charge in [-0.1, -0.05) is 11.6 Å². The fourth-order valence-electron chi connectivity index (χ4n) is 1.05. The SMILES string of the molecule is CC(O)Cc1c(F)ccc(Cl)c1F. The van der Waals surface area contributed by atoms with E-state index >= 15 is 0 Å². The largest absolute Gasteiger partial charge is 0.393 e. The number of aliphatic hydroxyl groups is 1. The summed E-state index contributed by atoms with van der Waals surface area (Å²) >= 11 is 5.45. The highest BCUT2D eigenvalue weighted by atomic mass is 35.5. The molecule has 1 N–H and O–H groups in total. The van der Waals surface area contributed by atoms with Crippen LogP contribution in [-0.4, -0.2) is 11.2 Å². The van der Waals surface area contributed by atoms with Crippen molar-refractivity contribution in [2.75, 3.05) is 0 Å². The topological polar surface area (TPSA) is 20.2 Å². The summed E-state index contributed by atoms with van der Waals surface area (Å²) in [6.45, 7) is 1.46. The molecule has 1 aromatic rings. The van der Waals surface area contributed by atoms with Crippen LogP contribution >= 0.6 is 11.6 Å². The molecular formula is C9H9ClF2O. The van der Waals surface area contributed by atoms with Gasteiger partial charge < -0.3 is 5.11 Å². The molecule has 1 rings (SSSR count). The fourth-order valence-corrected chi connectivity index (χ4v) is 1.23. The fraction of sp³-hybridized carbons (Fsp3) is 0.333. The first kappa shape index (κ1) is 10.4. The van der Waals surface area contributed by atoms with E-state index in [4.69, 9.17) is 16.7 Å². The summed E-state index contributed by atoms with van der Waals surface area (Å²) in [6, 6.07) is 2.24. The molecule has 0 aromatic heterocycles. The maximum Gasteiger partial charge on any atom is 0.147 e. The maximum atomic E-state index is 13.1. The summed E-state index contributed by atoms with van der Waals surface area (Å²) < 4.78 is 26.1. The molecule has 0 bridgehead atoms. The van der Waals surface area contributed by atoms with Crippen LogP contribution < -0.4 is 0 Å². The summed E-state index contributed by atoms with van der Waals surface area (Å²) in [4.78, 5) is 0. The minimum Gasteiger partial charge on any atom is -0.393 e. The Balaban J connectivity index is 3.10. The number of hydrogen-bond acceptors (Lipinski definition) is 1. The number of benzene rings is 1. The van der Waals surface area contributed by atoms with Crippen molar-refractivity contribution < 1.29 is 13.9 Å². The van der Waals surface area contributed by atoms with Crippen molar-refractivity contribution in [1.29, 1.82) is 0 Å². The maximum absolute atomic E-state index is 13.1. The summed E-state index contributed by atoms with van der Waals surface area (Å²) in [5.41, 5.74) is -0.164. The minimum absolute atomic E-state index is 0.0712. The predicted molar refractivity (Wildman–Crippen MR) is 46.8 cm³/mol. The van der Waals surface area contributed by atoms with Crippen molar-refractivity contribution in [3.8, 4) is 0 Å². The van der Waals surface area contributed by atoms with Gasteiger partial charge in [-0.3, -0.25) is 0 Å². The van der Waals surface area contributed by atoms with Gasteiger partial charge in [-0.05, 0) is 19.1 Å². The van der Waals surface area contributed by atoms with Crippen LogP contribution in [0, 0.1) is 11.6 Å². The zero-order valence-electron chi connectivity index (χ0n) is 7.02. The van der Waals surface area contributed by atoms with E-state index in [1.807, 2.05) is 0 Å². The first-order chi connectivity index (χ1) is 6.02. The van der Waals surface area contributed by atoms with E-state index in [0.717, 1.165) is 12.1 Å². The summed E-state index contributed by atoms with van der Waals surface area (Å²) in [5, 5.41) is 8.84. The lowest BCUT2D eigenvalue weighted by Crippen LogP contribution is -2.08. The highest BCUT2D eigenvalue weighted by Crippen LogP contribution is 2.22. The molecule has 0 aliphatic carbocycles. The highest BCUT2D eigenvalue weighted by Gasteiger charge is 2.13. The van der Waals surface area contributed by atoms with Gasteiger partial charge in [0.15, 0.2) is 0 Å². The van der Waals surface area contributed by atoms with E-state index in [1.54, 1.807) is 0 Å². The van der Waals surface area contributed by atoms with Gasteiger partial charge in [0.2, 0.25) is 0 Å². The number of halogens is 3. The van der Waals surface area contributed by atoms with Crippen LogP contribution in [0.4, 0.5) is 8.78 Å². The van der Waals surface area contributed by atoms with Gasteiger partial charge >= 0.3 is 0 Å². The highest BCUT2D eigenvalue weighted by molar-refractivity contribution is 6.30. The van der Waals surface area contributed by atoms with Crippen molar-refractivity contribution in [1.82, 2.24) is 0 Å². The summed E-state index contributed by atoms with van der Waals surface area (Å²) in [5.74, 6) is -1.47. The van der Waals surface area contributed by atoms with E-state index in [1.165, 1.54) is 6.92 Å². The number of rotatable bonds is 2. The third kappa shape index (κ3) is 2.39. The molecule has 0 fully saturated rings. The lowest BCUT2D eigenvalue weighted by Gasteiger charge is -2.07. The Morgan fingerprint density at radius 3 is 2.62 bits per heavy atom. The van der Waals surface area contributed by atoms with Crippen LogP contribution in [0.5, 0.6) is 0 Å². The lowest BCUT2D eigenvalue weighted by molar-refractivity contribution is 0.192. The Morgan fingerprint density at radius 2 is 2.08 bits per heavy atom. The van der Waals surface area contributed by atoms with Gasteiger partial charge in [-0.25, -0.2) is 8.78 Å². The summed E-state index contributed by atoms with van der Waals surface area (Å²) in [7, 11) is 0. The van der Waals surface area contributed by atoms with Gasteiger partial charge in [0.25, 0.3) is 0 Å². The van der Waals surface area contributed by atoms with Crippen LogP contribution in [0.25, 0.3) is 0 Å². The molecule has 0 aliphatic rings. The van der Waals surface area contributed by atoms with Crippen molar-refractivity contribution >= 4 is 11.6 Å². The van der Waals surface area contributed by atoms with Crippen LogP contribution in [0.1, 0.15) is 12.5 Å². The van der Waals surface area contributed by atoms with E-state index in [-0.39, 0.29) is 17.0 Å². The Hall–Kier alpha value is -0.670. The summed E-state index contributed by atoms with van der Waals surface area (Å²) in [6.07, 6.45) is -0.861. The smallest absolute Gasteiger partial charge is 0.147 e. The van der Waals surface area contributed by atoms with Crippen molar-refractivity contribution in [2.45, 2.75) is 19.4 Å². The van der Waals surface area contributed by atoms with E-state index in [9.17, 15) is 8.78 Å². The molecule has 1 atom stereocenters.